The Balaban J connectivity index is 1.46. The predicted molar refractivity (Wildman–Crippen MR) is 108 cm³/mol. The highest BCUT2D eigenvalue weighted by Gasteiger charge is 2.29. The molecule has 0 aliphatic carbocycles. The molecule has 1 aromatic carbocycles. The molecular weight excluding hydrogens is 422 g/mol. The average molecular weight is 442 g/mol. The molecule has 0 N–H and O–H groups in total. The fourth-order valence-corrected chi connectivity index (χ4v) is 5.03. The maximum Gasteiger partial charge on any atom is 0.234 e. The Morgan fingerprint density at radius 2 is 2.04 bits per heavy atom. The third kappa shape index (κ3) is 4.00. The summed E-state index contributed by atoms with van der Waals surface area (Å²) >= 11 is 7.48. The highest BCUT2D eigenvalue weighted by molar-refractivity contribution is 7.88. The number of piperidine rings is 1. The minimum atomic E-state index is -3.14. The summed E-state index contributed by atoms with van der Waals surface area (Å²) in [7, 11) is -3.14. The van der Waals surface area contributed by atoms with Gasteiger partial charge in [0.25, 0.3) is 0 Å². The van der Waals surface area contributed by atoms with E-state index in [2.05, 4.69) is 15.3 Å². The summed E-state index contributed by atoms with van der Waals surface area (Å²) in [5.74, 6) is 1.66. The Bertz CT molecular complexity index is 1100. The Morgan fingerprint density at radius 3 is 2.71 bits per heavy atom. The van der Waals surface area contributed by atoms with Crippen molar-refractivity contribution in [1.29, 1.82) is 0 Å². The Kier molecular flexibility index (Phi) is 5.30. The van der Waals surface area contributed by atoms with Crippen LogP contribution in [0, 0.1) is 6.92 Å². The quantitative estimate of drug-likeness (QED) is 0.604. The van der Waals surface area contributed by atoms with Gasteiger partial charge in [-0.15, -0.1) is 10.2 Å². The van der Waals surface area contributed by atoms with Crippen LogP contribution in [-0.2, 0) is 16.6 Å². The Morgan fingerprint density at radius 1 is 1.29 bits per heavy atom. The molecule has 0 bridgehead atoms. The van der Waals surface area contributed by atoms with Gasteiger partial charge in [0.1, 0.15) is 12.4 Å². The van der Waals surface area contributed by atoms with Crippen LogP contribution in [0.1, 0.15) is 35.2 Å². The molecule has 2 aromatic heterocycles. The summed E-state index contributed by atoms with van der Waals surface area (Å²) in [4.78, 5) is 0.714. The third-order valence-electron chi connectivity index (χ3n) is 4.84. The Labute approximate surface area is 172 Å². The zero-order valence-corrected chi connectivity index (χ0v) is 17.9. The van der Waals surface area contributed by atoms with E-state index in [4.69, 9.17) is 16.3 Å². The smallest absolute Gasteiger partial charge is 0.234 e. The lowest BCUT2D eigenvalue weighted by atomic mass is 9.97. The van der Waals surface area contributed by atoms with Crippen LogP contribution >= 0.6 is 22.9 Å². The minimum Gasteiger partial charge on any atom is -0.486 e. The first-order chi connectivity index (χ1) is 13.3. The number of aryl methyl sites for hydroxylation is 1. The van der Waals surface area contributed by atoms with Crippen LogP contribution in [0.3, 0.4) is 0 Å². The molecule has 150 valence electrons. The normalized spacial score (nSPS) is 16.7. The highest BCUT2D eigenvalue weighted by Crippen LogP contribution is 2.29. The lowest BCUT2D eigenvalue weighted by Gasteiger charge is -2.28. The highest BCUT2D eigenvalue weighted by atomic mass is 35.5. The zero-order valence-electron chi connectivity index (χ0n) is 15.5. The predicted octanol–water partition coefficient (Wildman–Crippen LogP) is 2.87. The van der Waals surface area contributed by atoms with E-state index in [9.17, 15) is 8.42 Å². The van der Waals surface area contributed by atoms with Crippen molar-refractivity contribution >= 4 is 37.9 Å². The summed E-state index contributed by atoms with van der Waals surface area (Å²) in [5, 5.41) is 14.6. The fourth-order valence-electron chi connectivity index (χ4n) is 3.28. The van der Waals surface area contributed by atoms with Crippen molar-refractivity contribution in [2.75, 3.05) is 19.3 Å². The standard InChI is InChI=1S/C17H20ClN5O3S2/c1-11-9-13(3-4-14(11)18)26-10-15-21-23-16(19-20-17(23)27-15)12-5-7-22(8-6-12)28(2,24)25/h3-4,9,12H,5-8,10H2,1-2H3. The van der Waals surface area contributed by atoms with Gasteiger partial charge in [-0.3, -0.25) is 0 Å². The van der Waals surface area contributed by atoms with Gasteiger partial charge in [-0.25, -0.2) is 12.7 Å². The lowest BCUT2D eigenvalue weighted by molar-refractivity contribution is 0.301. The molecule has 1 fully saturated rings. The van der Waals surface area contributed by atoms with Crippen molar-refractivity contribution in [3.8, 4) is 5.75 Å². The summed E-state index contributed by atoms with van der Waals surface area (Å²) in [5.41, 5.74) is 0.958. The van der Waals surface area contributed by atoms with Gasteiger partial charge in [0.15, 0.2) is 10.8 Å². The molecule has 1 saturated heterocycles. The molecule has 28 heavy (non-hydrogen) atoms. The molecule has 0 atom stereocenters. The van der Waals surface area contributed by atoms with E-state index in [-0.39, 0.29) is 5.92 Å². The summed E-state index contributed by atoms with van der Waals surface area (Å²) in [6.07, 6.45) is 2.67. The maximum absolute atomic E-state index is 11.7. The van der Waals surface area contributed by atoms with E-state index in [1.807, 2.05) is 25.1 Å². The second-order valence-corrected chi connectivity index (χ2v) is 10.3. The van der Waals surface area contributed by atoms with Gasteiger partial charge < -0.3 is 4.74 Å². The molecule has 8 nitrogen and oxygen atoms in total. The molecule has 11 heteroatoms. The molecule has 3 heterocycles. The molecule has 0 saturated carbocycles. The lowest BCUT2D eigenvalue weighted by Crippen LogP contribution is -2.37. The molecule has 0 spiro atoms. The van der Waals surface area contributed by atoms with Crippen LogP contribution in [0.25, 0.3) is 4.96 Å². The summed E-state index contributed by atoms with van der Waals surface area (Å²) < 4.78 is 32.5. The van der Waals surface area contributed by atoms with Crippen LogP contribution in [0.15, 0.2) is 18.2 Å². The van der Waals surface area contributed by atoms with Crippen molar-refractivity contribution in [2.45, 2.75) is 32.3 Å². The van der Waals surface area contributed by atoms with Crippen molar-refractivity contribution in [1.82, 2.24) is 24.1 Å². The SMILES string of the molecule is Cc1cc(OCc2nn3c(C4CCN(S(C)(=O)=O)CC4)nnc3s2)ccc1Cl. The fraction of sp³-hybridized carbons (Fsp3) is 0.471. The molecule has 0 amide bonds. The summed E-state index contributed by atoms with van der Waals surface area (Å²) in [6.45, 7) is 3.25. The number of benzene rings is 1. The van der Waals surface area contributed by atoms with Gasteiger partial charge in [-0.05, 0) is 43.5 Å². The van der Waals surface area contributed by atoms with Gasteiger partial charge in [0, 0.05) is 24.0 Å². The topological polar surface area (TPSA) is 89.7 Å². The second kappa shape index (κ2) is 7.58. The number of ether oxygens (including phenoxy) is 1. The number of hydrogen-bond donors (Lipinski definition) is 0. The molecule has 1 aliphatic heterocycles. The van der Waals surface area contributed by atoms with E-state index >= 15 is 0 Å². The monoisotopic (exact) mass is 441 g/mol. The number of hydrogen-bond acceptors (Lipinski definition) is 7. The second-order valence-electron chi connectivity index (χ2n) is 6.88. The number of sulfonamides is 1. The first kappa shape index (κ1) is 19.6. The van der Waals surface area contributed by atoms with Crippen LogP contribution in [0.2, 0.25) is 5.02 Å². The number of halogens is 1. The molecule has 0 radical (unpaired) electrons. The van der Waals surface area contributed by atoms with E-state index in [1.165, 1.54) is 21.9 Å². The van der Waals surface area contributed by atoms with Crippen molar-refractivity contribution < 1.29 is 13.2 Å². The Hall–Kier alpha value is -1.75. The van der Waals surface area contributed by atoms with Crippen LogP contribution < -0.4 is 4.74 Å². The van der Waals surface area contributed by atoms with E-state index in [1.54, 1.807) is 4.52 Å². The van der Waals surface area contributed by atoms with Crippen molar-refractivity contribution in [3.05, 3.63) is 39.6 Å². The molecule has 3 aromatic rings. The molecule has 0 unspecified atom stereocenters. The van der Waals surface area contributed by atoms with Crippen LogP contribution in [0.5, 0.6) is 5.75 Å². The van der Waals surface area contributed by atoms with Gasteiger partial charge in [-0.2, -0.15) is 9.61 Å². The van der Waals surface area contributed by atoms with Gasteiger partial charge >= 0.3 is 0 Å². The molecule has 1 aliphatic rings. The van der Waals surface area contributed by atoms with Crippen molar-refractivity contribution in [3.63, 3.8) is 0 Å². The van der Waals surface area contributed by atoms with E-state index < -0.39 is 10.0 Å². The van der Waals surface area contributed by atoms with Gasteiger partial charge in [0.05, 0.1) is 6.26 Å². The summed E-state index contributed by atoms with van der Waals surface area (Å²) in [6, 6.07) is 5.53. The van der Waals surface area contributed by atoms with Crippen LogP contribution in [0.4, 0.5) is 0 Å². The largest absolute Gasteiger partial charge is 0.486 e. The zero-order chi connectivity index (χ0) is 19.9. The molecular formula is C17H20ClN5O3S2. The van der Waals surface area contributed by atoms with E-state index in [0.29, 0.717) is 42.5 Å². The van der Waals surface area contributed by atoms with Gasteiger partial charge in [-0.1, -0.05) is 22.9 Å². The average Bonchev–Trinajstić information content (AvgIpc) is 3.22. The van der Waals surface area contributed by atoms with Crippen molar-refractivity contribution in [2.24, 2.45) is 0 Å². The first-order valence-electron chi connectivity index (χ1n) is 8.86. The first-order valence-corrected chi connectivity index (χ1v) is 11.9. The maximum atomic E-state index is 11.7. The third-order valence-corrected chi connectivity index (χ3v) is 7.44. The van der Waals surface area contributed by atoms with Crippen LogP contribution in [-0.4, -0.2) is 51.9 Å². The van der Waals surface area contributed by atoms with Gasteiger partial charge in [0.2, 0.25) is 15.0 Å². The number of nitrogens with zero attached hydrogens (tertiary/aromatic N) is 5. The number of rotatable bonds is 5. The van der Waals surface area contributed by atoms with E-state index in [0.717, 1.165) is 22.1 Å². The minimum absolute atomic E-state index is 0.141. The number of aromatic nitrogens is 4. The number of fused-ring (bicyclic) bond motifs is 1. The molecule has 4 rings (SSSR count).